The van der Waals surface area contributed by atoms with E-state index in [9.17, 15) is 18.0 Å². The molecule has 3 aromatic rings. The lowest BCUT2D eigenvalue weighted by Gasteiger charge is -2.35. The van der Waals surface area contributed by atoms with Crippen molar-refractivity contribution in [1.82, 2.24) is 10.2 Å². The van der Waals surface area contributed by atoms with E-state index in [2.05, 4.69) is 5.32 Å². The molecule has 1 atom stereocenters. The number of hydrogen-bond acceptors (Lipinski definition) is 4. The largest absolute Gasteiger partial charge is 0.350 e. The molecule has 0 saturated heterocycles. The summed E-state index contributed by atoms with van der Waals surface area (Å²) in [6.45, 7) is 9.14. The van der Waals surface area contributed by atoms with Crippen molar-refractivity contribution >= 4 is 27.5 Å². The van der Waals surface area contributed by atoms with E-state index in [1.165, 1.54) is 4.90 Å². The lowest BCUT2D eigenvalue weighted by atomic mass is 10.0. The Labute approximate surface area is 232 Å². The fourth-order valence-electron chi connectivity index (χ4n) is 4.47. The zero-order chi connectivity index (χ0) is 28.8. The van der Waals surface area contributed by atoms with Crippen LogP contribution in [-0.2, 0) is 32.6 Å². The zero-order valence-electron chi connectivity index (χ0n) is 23.6. The van der Waals surface area contributed by atoms with Gasteiger partial charge in [-0.15, -0.1) is 0 Å². The molecule has 0 fully saturated rings. The van der Waals surface area contributed by atoms with Gasteiger partial charge in [0.2, 0.25) is 21.8 Å². The maximum atomic E-state index is 14.1. The number of rotatable bonds is 10. The number of carbonyl (C=O) groups is 2. The molecular formula is C31H39N3O4S. The van der Waals surface area contributed by atoms with Crippen LogP contribution < -0.4 is 9.62 Å². The highest BCUT2D eigenvalue weighted by molar-refractivity contribution is 7.92. The van der Waals surface area contributed by atoms with E-state index in [-0.39, 0.29) is 18.9 Å². The van der Waals surface area contributed by atoms with Crippen molar-refractivity contribution in [2.45, 2.75) is 59.2 Å². The van der Waals surface area contributed by atoms with E-state index in [4.69, 9.17) is 0 Å². The molecule has 0 saturated carbocycles. The SMILES string of the molecule is Cc1ccc(N(CC(=O)N(Cc2ccccc2)[C@@H](Cc2ccccc2)C(=O)NC(C)(C)C)S(C)(=O)=O)c(C)c1. The summed E-state index contributed by atoms with van der Waals surface area (Å²) < 4.78 is 27.0. The molecule has 3 rings (SSSR count). The number of nitrogens with one attached hydrogen (secondary N) is 1. The summed E-state index contributed by atoms with van der Waals surface area (Å²) >= 11 is 0. The van der Waals surface area contributed by atoms with Crippen molar-refractivity contribution in [3.63, 3.8) is 0 Å². The highest BCUT2D eigenvalue weighted by Crippen LogP contribution is 2.25. The molecule has 3 aromatic carbocycles. The van der Waals surface area contributed by atoms with Crippen LogP contribution in [0.3, 0.4) is 0 Å². The molecular weight excluding hydrogens is 510 g/mol. The number of amides is 2. The van der Waals surface area contributed by atoms with E-state index in [1.54, 1.807) is 6.07 Å². The first kappa shape index (κ1) is 29.9. The van der Waals surface area contributed by atoms with Crippen molar-refractivity contribution in [1.29, 1.82) is 0 Å². The van der Waals surface area contributed by atoms with Gasteiger partial charge in [0.1, 0.15) is 12.6 Å². The van der Waals surface area contributed by atoms with Crippen LogP contribution in [0, 0.1) is 13.8 Å². The number of aryl methyl sites for hydroxylation is 2. The minimum absolute atomic E-state index is 0.152. The summed E-state index contributed by atoms with van der Waals surface area (Å²) in [5, 5.41) is 3.03. The van der Waals surface area contributed by atoms with Gasteiger partial charge in [0.05, 0.1) is 11.9 Å². The Hall–Kier alpha value is -3.65. The van der Waals surface area contributed by atoms with E-state index in [0.29, 0.717) is 5.69 Å². The number of benzene rings is 3. The van der Waals surface area contributed by atoms with Crippen LogP contribution in [0.4, 0.5) is 5.69 Å². The molecule has 7 nitrogen and oxygen atoms in total. The standard InChI is InChI=1S/C31H39N3O4S/c1-23-17-18-27(24(2)19-23)34(39(6,37)38)22-29(35)33(21-26-15-11-8-12-16-26)28(30(36)32-31(3,4)5)20-25-13-9-7-10-14-25/h7-19,28H,20-22H2,1-6H3,(H,32,36)/t28-/m0/s1. The van der Waals surface area contributed by atoms with E-state index >= 15 is 0 Å². The fraction of sp³-hybridized carbons (Fsp3) is 0.355. The molecule has 0 aliphatic carbocycles. The predicted molar refractivity (Wildman–Crippen MR) is 157 cm³/mol. The molecule has 0 bridgehead atoms. The molecule has 0 aliphatic heterocycles. The predicted octanol–water partition coefficient (Wildman–Crippen LogP) is 4.62. The second-order valence-electron chi connectivity index (χ2n) is 11.0. The zero-order valence-corrected chi connectivity index (χ0v) is 24.5. The Morgan fingerprint density at radius 3 is 1.95 bits per heavy atom. The maximum absolute atomic E-state index is 14.1. The third-order valence-electron chi connectivity index (χ3n) is 6.27. The average Bonchev–Trinajstić information content (AvgIpc) is 2.84. The fourth-order valence-corrected chi connectivity index (χ4v) is 5.37. The first-order valence-electron chi connectivity index (χ1n) is 13.0. The van der Waals surface area contributed by atoms with Gasteiger partial charge in [0, 0.05) is 18.5 Å². The highest BCUT2D eigenvalue weighted by atomic mass is 32.2. The van der Waals surface area contributed by atoms with Crippen molar-refractivity contribution in [2.75, 3.05) is 17.1 Å². The van der Waals surface area contributed by atoms with Crippen molar-refractivity contribution in [3.05, 3.63) is 101 Å². The quantitative estimate of drug-likeness (QED) is 0.400. The Morgan fingerprint density at radius 2 is 1.44 bits per heavy atom. The molecule has 208 valence electrons. The summed E-state index contributed by atoms with van der Waals surface area (Å²) in [6, 6.07) is 23.5. The molecule has 1 N–H and O–H groups in total. The van der Waals surface area contributed by atoms with Gasteiger partial charge >= 0.3 is 0 Å². The van der Waals surface area contributed by atoms with Crippen LogP contribution >= 0.6 is 0 Å². The Balaban J connectivity index is 2.07. The molecule has 0 heterocycles. The number of hydrogen-bond donors (Lipinski definition) is 1. The van der Waals surface area contributed by atoms with Gasteiger partial charge in [-0.3, -0.25) is 13.9 Å². The number of anilines is 1. The van der Waals surface area contributed by atoms with E-state index in [1.807, 2.05) is 107 Å². The van der Waals surface area contributed by atoms with Crippen LogP contribution in [0.2, 0.25) is 0 Å². The summed E-state index contributed by atoms with van der Waals surface area (Å²) in [4.78, 5) is 29.3. The summed E-state index contributed by atoms with van der Waals surface area (Å²) in [7, 11) is -3.80. The second-order valence-corrected chi connectivity index (χ2v) is 12.9. The third kappa shape index (κ3) is 8.68. The normalized spacial score (nSPS) is 12.5. The van der Waals surface area contributed by atoms with E-state index in [0.717, 1.165) is 32.8 Å². The van der Waals surface area contributed by atoms with Gasteiger partial charge in [-0.2, -0.15) is 0 Å². The van der Waals surface area contributed by atoms with Crippen LogP contribution in [0.15, 0.2) is 78.9 Å². The van der Waals surface area contributed by atoms with Gasteiger partial charge in [0.15, 0.2) is 0 Å². The molecule has 2 amide bonds. The first-order chi connectivity index (χ1) is 18.2. The van der Waals surface area contributed by atoms with Crippen molar-refractivity contribution in [3.8, 4) is 0 Å². The molecule has 39 heavy (non-hydrogen) atoms. The van der Waals surface area contributed by atoms with Crippen LogP contribution in [0.5, 0.6) is 0 Å². The highest BCUT2D eigenvalue weighted by Gasteiger charge is 2.34. The summed E-state index contributed by atoms with van der Waals surface area (Å²) in [5.41, 5.74) is 3.38. The first-order valence-corrected chi connectivity index (χ1v) is 14.8. The van der Waals surface area contributed by atoms with Gasteiger partial charge in [-0.25, -0.2) is 8.42 Å². The maximum Gasteiger partial charge on any atom is 0.244 e. The molecule has 0 aromatic heterocycles. The smallest absolute Gasteiger partial charge is 0.244 e. The van der Waals surface area contributed by atoms with E-state index < -0.39 is 34.1 Å². The second kappa shape index (κ2) is 12.5. The molecule has 0 radical (unpaired) electrons. The lowest BCUT2D eigenvalue weighted by molar-refractivity contribution is -0.140. The van der Waals surface area contributed by atoms with Crippen molar-refractivity contribution < 1.29 is 18.0 Å². The Bertz CT molecular complexity index is 1380. The van der Waals surface area contributed by atoms with Gasteiger partial charge in [0.25, 0.3) is 0 Å². The van der Waals surface area contributed by atoms with Crippen molar-refractivity contribution in [2.24, 2.45) is 0 Å². The summed E-state index contributed by atoms with van der Waals surface area (Å²) in [5.74, 6) is -0.762. The topological polar surface area (TPSA) is 86.8 Å². The lowest BCUT2D eigenvalue weighted by Crippen LogP contribution is -2.56. The minimum atomic E-state index is -3.80. The molecule has 0 unspecified atom stereocenters. The molecule has 0 aliphatic rings. The summed E-state index contributed by atoms with van der Waals surface area (Å²) in [6.07, 6.45) is 1.37. The molecule has 8 heteroatoms. The average molecular weight is 550 g/mol. The minimum Gasteiger partial charge on any atom is -0.350 e. The third-order valence-corrected chi connectivity index (χ3v) is 7.39. The molecule has 0 spiro atoms. The Morgan fingerprint density at radius 1 is 0.872 bits per heavy atom. The van der Waals surface area contributed by atoms with Gasteiger partial charge in [-0.05, 0) is 57.4 Å². The van der Waals surface area contributed by atoms with Crippen LogP contribution in [-0.4, -0.2) is 49.5 Å². The van der Waals surface area contributed by atoms with Crippen LogP contribution in [0.1, 0.15) is 43.0 Å². The number of carbonyl (C=O) groups excluding carboxylic acids is 2. The van der Waals surface area contributed by atoms with Gasteiger partial charge < -0.3 is 10.2 Å². The van der Waals surface area contributed by atoms with Crippen LogP contribution in [0.25, 0.3) is 0 Å². The van der Waals surface area contributed by atoms with Gasteiger partial charge in [-0.1, -0.05) is 78.4 Å². The Kier molecular flexibility index (Phi) is 9.56. The number of sulfonamides is 1. The number of nitrogens with zero attached hydrogens (tertiary/aromatic N) is 2. The monoisotopic (exact) mass is 549 g/mol.